The SMILES string of the molecule is C=CC1=C(/C=C\C)CSc2ccccc2/C1=C\CCNC. The summed E-state index contributed by atoms with van der Waals surface area (Å²) < 4.78 is 0. The second-order valence-corrected chi connectivity index (χ2v) is 5.96. The van der Waals surface area contributed by atoms with E-state index in [2.05, 4.69) is 61.3 Å². The Hall–Kier alpha value is -1.51. The summed E-state index contributed by atoms with van der Waals surface area (Å²) in [6, 6.07) is 8.67. The van der Waals surface area contributed by atoms with E-state index in [9.17, 15) is 0 Å². The lowest BCUT2D eigenvalue weighted by Gasteiger charge is -2.12. The van der Waals surface area contributed by atoms with Gasteiger partial charge in [0, 0.05) is 10.6 Å². The molecule has 1 aromatic rings. The van der Waals surface area contributed by atoms with Gasteiger partial charge in [0.25, 0.3) is 0 Å². The second-order valence-electron chi connectivity index (χ2n) is 4.94. The normalized spacial score (nSPS) is 17.1. The molecule has 0 aliphatic carbocycles. The Balaban J connectivity index is 2.55. The van der Waals surface area contributed by atoms with Gasteiger partial charge >= 0.3 is 0 Å². The van der Waals surface area contributed by atoms with Crippen molar-refractivity contribution in [3.05, 3.63) is 71.9 Å². The maximum atomic E-state index is 4.05. The van der Waals surface area contributed by atoms with Gasteiger partial charge in [-0.3, -0.25) is 0 Å². The molecule has 110 valence electrons. The van der Waals surface area contributed by atoms with Crippen LogP contribution < -0.4 is 5.32 Å². The van der Waals surface area contributed by atoms with E-state index in [0.717, 1.165) is 18.7 Å². The molecule has 0 radical (unpaired) electrons. The summed E-state index contributed by atoms with van der Waals surface area (Å²) in [4.78, 5) is 1.35. The quantitative estimate of drug-likeness (QED) is 0.780. The van der Waals surface area contributed by atoms with Gasteiger partial charge in [0.15, 0.2) is 0 Å². The first-order chi connectivity index (χ1) is 10.3. The molecular formula is C19H23NS. The van der Waals surface area contributed by atoms with Crippen LogP contribution in [0.15, 0.2) is 71.2 Å². The van der Waals surface area contributed by atoms with E-state index in [1.165, 1.54) is 27.2 Å². The van der Waals surface area contributed by atoms with Gasteiger partial charge in [0.2, 0.25) is 0 Å². The molecule has 0 unspecified atom stereocenters. The minimum atomic E-state index is 0.988. The van der Waals surface area contributed by atoms with Crippen molar-refractivity contribution < 1.29 is 0 Å². The van der Waals surface area contributed by atoms with E-state index < -0.39 is 0 Å². The fourth-order valence-corrected chi connectivity index (χ4v) is 3.60. The van der Waals surface area contributed by atoms with Crippen LogP contribution in [-0.4, -0.2) is 19.3 Å². The molecule has 1 aromatic carbocycles. The minimum absolute atomic E-state index is 0.988. The molecule has 0 spiro atoms. The highest BCUT2D eigenvalue weighted by Gasteiger charge is 2.17. The Kier molecular flexibility index (Phi) is 6.09. The van der Waals surface area contributed by atoms with Crippen LogP contribution in [0.4, 0.5) is 0 Å². The van der Waals surface area contributed by atoms with Gasteiger partial charge in [0.1, 0.15) is 0 Å². The molecule has 2 rings (SSSR count). The molecule has 1 N–H and O–H groups in total. The van der Waals surface area contributed by atoms with E-state index >= 15 is 0 Å². The first kappa shape index (κ1) is 15.9. The zero-order chi connectivity index (χ0) is 15.1. The highest BCUT2D eigenvalue weighted by molar-refractivity contribution is 7.99. The van der Waals surface area contributed by atoms with Crippen LogP contribution in [0.25, 0.3) is 5.57 Å². The maximum Gasteiger partial charge on any atom is 0.0238 e. The number of rotatable bonds is 5. The third kappa shape index (κ3) is 3.78. The van der Waals surface area contributed by atoms with Gasteiger partial charge in [-0.15, -0.1) is 11.8 Å². The van der Waals surface area contributed by atoms with Crippen molar-refractivity contribution >= 4 is 17.3 Å². The zero-order valence-corrected chi connectivity index (χ0v) is 13.7. The maximum absolute atomic E-state index is 4.05. The standard InChI is InChI=1S/C19H23NS/c1-4-9-15-14-21-19-12-7-6-10-18(19)17(16(15)5-2)11-8-13-20-3/h4-7,9-12,20H,2,8,13-14H2,1,3H3/b9-4-,17-11-. The third-order valence-electron chi connectivity index (χ3n) is 3.51. The van der Waals surface area contributed by atoms with E-state index in [-0.39, 0.29) is 0 Å². The number of hydrogen-bond acceptors (Lipinski definition) is 2. The van der Waals surface area contributed by atoms with Gasteiger partial charge in [-0.2, -0.15) is 0 Å². The van der Waals surface area contributed by atoms with Crippen LogP contribution in [0.1, 0.15) is 18.9 Å². The number of nitrogens with one attached hydrogen (secondary N) is 1. The number of allylic oxidation sites excluding steroid dienone is 5. The van der Waals surface area contributed by atoms with Crippen molar-refractivity contribution in [2.24, 2.45) is 0 Å². The molecule has 21 heavy (non-hydrogen) atoms. The summed E-state index contributed by atoms with van der Waals surface area (Å²) in [5.74, 6) is 0.992. The van der Waals surface area contributed by atoms with Crippen LogP contribution in [-0.2, 0) is 0 Å². The minimum Gasteiger partial charge on any atom is -0.319 e. The summed E-state index contributed by atoms with van der Waals surface area (Å²) in [6.07, 6.45) is 9.68. The van der Waals surface area contributed by atoms with Crippen molar-refractivity contribution in [3.63, 3.8) is 0 Å². The number of benzene rings is 1. The molecule has 1 aliphatic heterocycles. The Morgan fingerprint density at radius 2 is 2.14 bits per heavy atom. The van der Waals surface area contributed by atoms with Crippen molar-refractivity contribution in [3.8, 4) is 0 Å². The summed E-state index contributed by atoms with van der Waals surface area (Å²) in [5.41, 5.74) is 5.26. The van der Waals surface area contributed by atoms with Gasteiger partial charge in [0.05, 0.1) is 0 Å². The first-order valence-corrected chi connectivity index (χ1v) is 8.36. The van der Waals surface area contributed by atoms with Crippen molar-refractivity contribution in [2.75, 3.05) is 19.3 Å². The molecular weight excluding hydrogens is 274 g/mol. The van der Waals surface area contributed by atoms with Crippen molar-refractivity contribution in [2.45, 2.75) is 18.2 Å². The van der Waals surface area contributed by atoms with E-state index in [1.807, 2.05) is 24.9 Å². The molecule has 0 saturated heterocycles. The summed E-state index contributed by atoms with van der Waals surface area (Å²) in [7, 11) is 1.99. The van der Waals surface area contributed by atoms with Crippen LogP contribution in [0.2, 0.25) is 0 Å². The molecule has 1 nitrogen and oxygen atoms in total. The molecule has 0 atom stereocenters. The van der Waals surface area contributed by atoms with Crippen LogP contribution in [0, 0.1) is 0 Å². The van der Waals surface area contributed by atoms with Gasteiger partial charge in [-0.1, -0.05) is 49.1 Å². The average Bonchev–Trinajstić information content (AvgIpc) is 2.66. The number of thioether (sulfide) groups is 1. The lowest BCUT2D eigenvalue weighted by Crippen LogP contribution is -2.06. The van der Waals surface area contributed by atoms with Crippen molar-refractivity contribution in [1.82, 2.24) is 5.32 Å². The van der Waals surface area contributed by atoms with Crippen LogP contribution in [0.3, 0.4) is 0 Å². The Morgan fingerprint density at radius 1 is 1.33 bits per heavy atom. The summed E-state index contributed by atoms with van der Waals surface area (Å²) in [6.45, 7) is 7.11. The lowest BCUT2D eigenvalue weighted by atomic mass is 9.93. The number of fused-ring (bicyclic) bond motifs is 1. The van der Waals surface area contributed by atoms with Crippen LogP contribution >= 0.6 is 11.8 Å². The number of hydrogen-bond donors (Lipinski definition) is 1. The molecule has 2 heteroatoms. The second kappa shape index (κ2) is 8.06. The zero-order valence-electron chi connectivity index (χ0n) is 12.9. The highest BCUT2D eigenvalue weighted by Crippen LogP contribution is 2.39. The molecule has 0 fully saturated rings. The Morgan fingerprint density at radius 3 is 2.86 bits per heavy atom. The first-order valence-electron chi connectivity index (χ1n) is 7.37. The topological polar surface area (TPSA) is 12.0 Å². The summed E-state index contributed by atoms with van der Waals surface area (Å²) in [5, 5.41) is 3.21. The fourth-order valence-electron chi connectivity index (χ4n) is 2.53. The van der Waals surface area contributed by atoms with Crippen LogP contribution in [0.5, 0.6) is 0 Å². The summed E-state index contributed by atoms with van der Waals surface area (Å²) >= 11 is 1.91. The third-order valence-corrected chi connectivity index (χ3v) is 4.63. The van der Waals surface area contributed by atoms with E-state index in [0.29, 0.717) is 0 Å². The lowest BCUT2D eigenvalue weighted by molar-refractivity contribution is 0.808. The molecule has 1 aliphatic rings. The Labute approximate surface area is 132 Å². The molecule has 0 aromatic heterocycles. The van der Waals surface area contributed by atoms with E-state index in [1.54, 1.807) is 0 Å². The predicted octanol–water partition coefficient (Wildman–Crippen LogP) is 4.84. The molecule has 0 amide bonds. The molecule has 0 bridgehead atoms. The molecule has 1 heterocycles. The molecule has 0 saturated carbocycles. The van der Waals surface area contributed by atoms with Crippen molar-refractivity contribution in [1.29, 1.82) is 0 Å². The predicted molar refractivity (Wildman–Crippen MR) is 95.7 cm³/mol. The monoisotopic (exact) mass is 297 g/mol. The average molecular weight is 297 g/mol. The van der Waals surface area contributed by atoms with Gasteiger partial charge in [-0.05, 0) is 55.3 Å². The fraction of sp³-hybridized carbons (Fsp3) is 0.263. The highest BCUT2D eigenvalue weighted by atomic mass is 32.2. The van der Waals surface area contributed by atoms with E-state index in [4.69, 9.17) is 0 Å². The van der Waals surface area contributed by atoms with Gasteiger partial charge in [-0.25, -0.2) is 0 Å². The largest absolute Gasteiger partial charge is 0.319 e. The Bertz CT molecular complexity index is 593. The smallest absolute Gasteiger partial charge is 0.0238 e. The van der Waals surface area contributed by atoms with Gasteiger partial charge < -0.3 is 5.32 Å².